The van der Waals surface area contributed by atoms with E-state index in [1.165, 1.54) is 11.3 Å². The van der Waals surface area contributed by atoms with Crippen molar-refractivity contribution in [2.45, 2.75) is 26.9 Å². The predicted molar refractivity (Wildman–Crippen MR) is 110 cm³/mol. The third-order valence-electron chi connectivity index (χ3n) is 3.64. The molecule has 2 rings (SSSR count). The number of ether oxygens (including phenoxy) is 3. The first-order valence-electron chi connectivity index (χ1n) is 9.10. The Labute approximate surface area is 169 Å². The van der Waals surface area contributed by atoms with E-state index in [2.05, 4.69) is 20.2 Å². The van der Waals surface area contributed by atoms with Crippen molar-refractivity contribution < 1.29 is 19.0 Å². The largest absolute Gasteiger partial charge is 0.476 e. The second-order valence-electron chi connectivity index (χ2n) is 6.59. The molecule has 0 bridgehead atoms. The lowest BCUT2D eigenvalue weighted by atomic mass is 10.2. The maximum Gasteiger partial charge on any atom is 0.257 e. The van der Waals surface area contributed by atoms with Gasteiger partial charge in [0.2, 0.25) is 11.8 Å². The summed E-state index contributed by atoms with van der Waals surface area (Å²) in [6.45, 7) is 8.29. The predicted octanol–water partition coefficient (Wildman–Crippen LogP) is 2.84. The molecule has 0 saturated heterocycles. The fourth-order valence-corrected chi connectivity index (χ4v) is 2.92. The summed E-state index contributed by atoms with van der Waals surface area (Å²) >= 11 is 1.38. The van der Waals surface area contributed by atoms with Crippen LogP contribution in [0.25, 0.3) is 0 Å². The van der Waals surface area contributed by atoms with Gasteiger partial charge in [-0.05, 0) is 27.8 Å². The molecule has 0 saturated carbocycles. The molecule has 0 aliphatic rings. The van der Waals surface area contributed by atoms with Gasteiger partial charge in [-0.25, -0.2) is 4.98 Å². The molecule has 2 aromatic heterocycles. The van der Waals surface area contributed by atoms with Crippen LogP contribution < -0.4 is 14.8 Å². The number of amides is 1. The Morgan fingerprint density at radius 2 is 1.93 bits per heavy atom. The van der Waals surface area contributed by atoms with Gasteiger partial charge in [0.25, 0.3) is 5.91 Å². The minimum atomic E-state index is -0.285. The molecular formula is C19H28N4O4S. The molecule has 0 unspecified atom stereocenters. The van der Waals surface area contributed by atoms with Gasteiger partial charge in [0, 0.05) is 37.7 Å². The number of methoxy groups -OCH3 is 1. The molecule has 0 atom stereocenters. The van der Waals surface area contributed by atoms with Crippen molar-refractivity contribution >= 4 is 22.4 Å². The van der Waals surface area contributed by atoms with Crippen LogP contribution in [0.4, 0.5) is 5.13 Å². The summed E-state index contributed by atoms with van der Waals surface area (Å²) in [5, 5.41) is 5.22. The third kappa shape index (κ3) is 7.41. The van der Waals surface area contributed by atoms with Crippen molar-refractivity contribution in [1.29, 1.82) is 0 Å². The number of nitrogens with one attached hydrogen (secondary N) is 1. The summed E-state index contributed by atoms with van der Waals surface area (Å²) in [4.78, 5) is 23.3. The molecule has 9 heteroatoms. The fraction of sp³-hybridized carbons (Fsp3) is 0.526. The summed E-state index contributed by atoms with van der Waals surface area (Å²) in [5.74, 6) is 0.409. The summed E-state index contributed by atoms with van der Waals surface area (Å²) in [6.07, 6.45) is -0.0690. The molecule has 0 radical (unpaired) electrons. The first-order chi connectivity index (χ1) is 13.4. The second kappa shape index (κ2) is 10.9. The molecule has 1 N–H and O–H groups in total. The van der Waals surface area contributed by atoms with Gasteiger partial charge in [-0.1, -0.05) is 0 Å². The Balaban J connectivity index is 2.07. The van der Waals surface area contributed by atoms with Gasteiger partial charge in [-0.3, -0.25) is 10.1 Å². The SMILES string of the molecule is COCCN(C)CCOc1cc(C(=O)Nc2nc(C)cs2)cc(OC(C)C)n1. The molecule has 8 nitrogen and oxygen atoms in total. The van der Waals surface area contributed by atoms with Crippen LogP contribution in [0.1, 0.15) is 29.9 Å². The summed E-state index contributed by atoms with van der Waals surface area (Å²) < 4.78 is 16.5. The third-order valence-corrected chi connectivity index (χ3v) is 4.51. The normalized spacial score (nSPS) is 11.1. The topological polar surface area (TPSA) is 85.8 Å². The zero-order valence-electron chi connectivity index (χ0n) is 17.0. The first-order valence-corrected chi connectivity index (χ1v) is 9.98. The maximum atomic E-state index is 12.6. The number of carbonyl (C=O) groups excluding carboxylic acids is 1. The highest BCUT2D eigenvalue weighted by molar-refractivity contribution is 7.13. The average molecular weight is 409 g/mol. The Morgan fingerprint density at radius 3 is 2.57 bits per heavy atom. The number of hydrogen-bond acceptors (Lipinski definition) is 8. The van der Waals surface area contributed by atoms with Gasteiger partial charge in [0.05, 0.1) is 24.0 Å². The number of rotatable bonds is 11. The lowest BCUT2D eigenvalue weighted by Gasteiger charge is -2.17. The molecule has 154 valence electrons. The van der Waals surface area contributed by atoms with E-state index >= 15 is 0 Å². The van der Waals surface area contributed by atoms with Gasteiger partial charge in [0.1, 0.15) is 6.61 Å². The zero-order chi connectivity index (χ0) is 20.5. The van der Waals surface area contributed by atoms with Gasteiger partial charge >= 0.3 is 0 Å². The Morgan fingerprint density at radius 1 is 1.21 bits per heavy atom. The van der Waals surface area contributed by atoms with Crippen LogP contribution in [0.2, 0.25) is 0 Å². The maximum absolute atomic E-state index is 12.6. The summed E-state index contributed by atoms with van der Waals surface area (Å²) in [7, 11) is 3.66. The Hall–Kier alpha value is -2.23. The molecule has 0 aromatic carbocycles. The minimum Gasteiger partial charge on any atom is -0.476 e. The smallest absolute Gasteiger partial charge is 0.257 e. The van der Waals surface area contributed by atoms with Crippen molar-refractivity contribution in [3.8, 4) is 11.8 Å². The van der Waals surface area contributed by atoms with Crippen LogP contribution >= 0.6 is 11.3 Å². The van der Waals surface area contributed by atoms with Gasteiger partial charge in [-0.2, -0.15) is 4.98 Å². The van der Waals surface area contributed by atoms with Crippen molar-refractivity contribution in [3.05, 3.63) is 28.8 Å². The van der Waals surface area contributed by atoms with Crippen LogP contribution in [-0.2, 0) is 4.74 Å². The molecule has 0 aliphatic heterocycles. The number of aryl methyl sites for hydroxylation is 1. The Bertz CT molecular complexity index is 766. The monoisotopic (exact) mass is 408 g/mol. The number of likely N-dealkylation sites (N-methyl/N-ethyl adjacent to an activating group) is 1. The van der Waals surface area contributed by atoms with E-state index in [0.717, 1.165) is 12.2 Å². The molecular weight excluding hydrogens is 380 g/mol. The van der Waals surface area contributed by atoms with Crippen LogP contribution in [-0.4, -0.2) is 67.3 Å². The first kappa shape index (κ1) is 22.1. The average Bonchev–Trinajstić information content (AvgIpc) is 3.04. The lowest BCUT2D eigenvalue weighted by Crippen LogP contribution is -2.27. The number of pyridine rings is 1. The van der Waals surface area contributed by atoms with Crippen LogP contribution in [0.3, 0.4) is 0 Å². The van der Waals surface area contributed by atoms with Gasteiger partial charge in [-0.15, -0.1) is 11.3 Å². The molecule has 2 aromatic rings. The molecule has 0 aliphatic carbocycles. The number of hydrogen-bond donors (Lipinski definition) is 1. The van der Waals surface area contributed by atoms with Crippen molar-refractivity contribution in [1.82, 2.24) is 14.9 Å². The van der Waals surface area contributed by atoms with E-state index in [-0.39, 0.29) is 12.0 Å². The van der Waals surface area contributed by atoms with E-state index in [1.54, 1.807) is 19.2 Å². The highest BCUT2D eigenvalue weighted by Crippen LogP contribution is 2.21. The lowest BCUT2D eigenvalue weighted by molar-refractivity contribution is 0.102. The molecule has 2 heterocycles. The summed E-state index contributed by atoms with van der Waals surface area (Å²) in [5.41, 5.74) is 1.27. The van der Waals surface area contributed by atoms with Crippen LogP contribution in [0.5, 0.6) is 11.8 Å². The van der Waals surface area contributed by atoms with Crippen LogP contribution in [0.15, 0.2) is 17.5 Å². The van der Waals surface area contributed by atoms with Gasteiger partial charge < -0.3 is 19.1 Å². The highest BCUT2D eigenvalue weighted by Gasteiger charge is 2.14. The molecule has 28 heavy (non-hydrogen) atoms. The van der Waals surface area contributed by atoms with E-state index < -0.39 is 0 Å². The summed E-state index contributed by atoms with van der Waals surface area (Å²) in [6, 6.07) is 3.21. The number of aromatic nitrogens is 2. The number of thiazole rings is 1. The highest BCUT2D eigenvalue weighted by atomic mass is 32.1. The minimum absolute atomic E-state index is 0.0690. The standard InChI is InChI=1S/C19H28N4O4S/c1-13(2)27-17-11-15(18(24)22-19-20-14(3)12-28-19)10-16(21-17)26-9-7-23(4)6-8-25-5/h10-13H,6-9H2,1-5H3,(H,20,22,24). The second-order valence-corrected chi connectivity index (χ2v) is 7.45. The van der Waals surface area contributed by atoms with Crippen LogP contribution in [0, 0.1) is 6.92 Å². The zero-order valence-corrected chi connectivity index (χ0v) is 17.8. The molecule has 1 amide bonds. The van der Waals surface area contributed by atoms with E-state index in [1.807, 2.05) is 33.2 Å². The quantitative estimate of drug-likeness (QED) is 0.612. The van der Waals surface area contributed by atoms with E-state index in [0.29, 0.717) is 42.2 Å². The molecule has 0 spiro atoms. The number of carbonyl (C=O) groups is 1. The van der Waals surface area contributed by atoms with E-state index in [4.69, 9.17) is 14.2 Å². The van der Waals surface area contributed by atoms with Crippen molar-refractivity contribution in [3.63, 3.8) is 0 Å². The van der Waals surface area contributed by atoms with Gasteiger partial charge in [0.15, 0.2) is 5.13 Å². The fourth-order valence-electron chi connectivity index (χ4n) is 2.23. The number of nitrogens with zero attached hydrogens (tertiary/aromatic N) is 3. The Kier molecular flexibility index (Phi) is 8.62. The molecule has 0 fully saturated rings. The van der Waals surface area contributed by atoms with E-state index in [9.17, 15) is 4.79 Å². The van der Waals surface area contributed by atoms with Crippen molar-refractivity contribution in [2.24, 2.45) is 0 Å². The van der Waals surface area contributed by atoms with Crippen molar-refractivity contribution in [2.75, 3.05) is 45.8 Å². The number of anilines is 1.